The lowest BCUT2D eigenvalue weighted by molar-refractivity contribution is 0.0528. The van der Waals surface area contributed by atoms with Crippen molar-refractivity contribution in [1.82, 2.24) is 0 Å². The molecule has 0 amide bonds. The monoisotopic (exact) mass is 180 g/mol. The van der Waals surface area contributed by atoms with Crippen molar-refractivity contribution in [1.29, 1.82) is 0 Å². The predicted octanol–water partition coefficient (Wildman–Crippen LogP) is 0.275. The zero-order valence-electron chi connectivity index (χ0n) is 6.53. The zero-order valence-corrected chi connectivity index (χ0v) is 7.69. The van der Waals surface area contributed by atoms with Crippen molar-refractivity contribution in [2.45, 2.75) is 19.2 Å². The van der Waals surface area contributed by atoms with Gasteiger partial charge in [-0.2, -0.15) is 0 Å². The zero-order chi connectivity index (χ0) is 9.07. The summed E-state index contributed by atoms with van der Waals surface area (Å²) in [7, 11) is -1.64. The van der Waals surface area contributed by atoms with Crippen LogP contribution in [0.3, 0.4) is 0 Å². The van der Waals surface area contributed by atoms with Crippen LogP contribution in [-0.2, 0) is 4.57 Å². The molecule has 0 radical (unpaired) electrons. The predicted molar refractivity (Wildman–Crippen MR) is 43.4 cm³/mol. The first-order chi connectivity index (χ1) is 4.98. The first kappa shape index (κ1) is 10.7. The highest BCUT2D eigenvalue weighted by Crippen LogP contribution is 2.27. The van der Waals surface area contributed by atoms with Crippen LogP contribution in [0.2, 0.25) is 0 Å². The summed E-state index contributed by atoms with van der Waals surface area (Å²) >= 11 is 0. The largest absolute Gasteiger partial charge is 0.509 e. The van der Waals surface area contributed by atoms with Gasteiger partial charge in [-0.1, -0.05) is 0 Å². The van der Waals surface area contributed by atoms with Crippen LogP contribution in [0, 0.1) is 0 Å². The maximum Gasteiger partial charge on any atom is 0.192 e. The molecule has 0 heterocycles. The Morgan fingerprint density at radius 3 is 2.09 bits per heavy atom. The Morgan fingerprint density at radius 1 is 1.55 bits per heavy atom. The summed E-state index contributed by atoms with van der Waals surface area (Å²) in [5.41, 5.74) is 0.449. The van der Waals surface area contributed by atoms with Crippen molar-refractivity contribution in [2.24, 2.45) is 0 Å². The molecule has 0 bridgehead atoms. The van der Waals surface area contributed by atoms with Gasteiger partial charge in [-0.05, 0) is 19.4 Å². The third-order valence-corrected chi connectivity index (χ3v) is 2.17. The smallest absolute Gasteiger partial charge is 0.192 e. The van der Waals surface area contributed by atoms with E-state index in [4.69, 9.17) is 10.2 Å². The third kappa shape index (κ3) is 2.33. The summed E-state index contributed by atoms with van der Waals surface area (Å²) in [6.07, 6.45) is 0. The average Bonchev–Trinajstić information content (AvgIpc) is 2.01. The van der Waals surface area contributed by atoms with Crippen LogP contribution in [0.4, 0.5) is 0 Å². The van der Waals surface area contributed by atoms with E-state index in [0.717, 1.165) is 0 Å². The fraction of sp³-hybridized carbons (Fsp3) is 0.667. The van der Waals surface area contributed by atoms with E-state index < -0.39 is 26.2 Å². The van der Waals surface area contributed by atoms with Gasteiger partial charge in [-0.25, -0.2) is 0 Å². The van der Waals surface area contributed by atoms with Gasteiger partial charge >= 0.3 is 0 Å². The average molecular weight is 180 g/mol. The Hall–Kier alpha value is -0.310. The molecular weight excluding hydrogens is 167 g/mol. The Balaban J connectivity index is 4.79. The molecule has 0 aliphatic carbocycles. The first-order valence-electron chi connectivity index (χ1n) is 3.14. The summed E-state index contributed by atoms with van der Waals surface area (Å²) in [5.74, 6) is -0.398. The van der Waals surface area contributed by atoms with Gasteiger partial charge in [0.2, 0.25) is 0 Å². The van der Waals surface area contributed by atoms with Crippen molar-refractivity contribution < 1.29 is 19.9 Å². The van der Waals surface area contributed by atoms with Crippen molar-refractivity contribution in [2.75, 3.05) is 6.61 Å². The number of allylic oxidation sites excluding steroid dienone is 1. The van der Waals surface area contributed by atoms with Crippen LogP contribution in [0.15, 0.2) is 11.3 Å². The molecule has 0 saturated carbocycles. The molecule has 0 aromatic rings. The van der Waals surface area contributed by atoms with Gasteiger partial charge in [0.15, 0.2) is 5.34 Å². The van der Waals surface area contributed by atoms with Crippen LogP contribution in [0.25, 0.3) is 0 Å². The van der Waals surface area contributed by atoms with Crippen molar-refractivity contribution in [3.05, 3.63) is 11.3 Å². The van der Waals surface area contributed by atoms with Gasteiger partial charge in [0.05, 0.1) is 6.61 Å². The molecule has 0 rings (SSSR count). The summed E-state index contributed by atoms with van der Waals surface area (Å²) in [4.78, 5) is 0. The highest BCUT2D eigenvalue weighted by atomic mass is 31.1. The molecule has 5 heteroatoms. The van der Waals surface area contributed by atoms with Crippen molar-refractivity contribution in [3.8, 4) is 0 Å². The van der Waals surface area contributed by atoms with Crippen molar-refractivity contribution in [3.63, 3.8) is 0 Å². The highest BCUT2D eigenvalue weighted by Gasteiger charge is 2.30. The van der Waals surface area contributed by atoms with E-state index in [1.807, 2.05) is 0 Å². The van der Waals surface area contributed by atoms with E-state index >= 15 is 0 Å². The van der Waals surface area contributed by atoms with E-state index in [9.17, 15) is 9.67 Å². The second-order valence-electron chi connectivity index (χ2n) is 2.55. The van der Waals surface area contributed by atoms with Gasteiger partial charge < -0.3 is 19.9 Å². The minimum absolute atomic E-state index is 0.398. The summed E-state index contributed by atoms with van der Waals surface area (Å²) in [5, 5.41) is 25.0. The maximum absolute atomic E-state index is 10.4. The van der Waals surface area contributed by atoms with E-state index in [0.29, 0.717) is 5.57 Å². The molecular formula is C6H13O4P. The molecule has 11 heavy (non-hydrogen) atoms. The highest BCUT2D eigenvalue weighted by molar-refractivity contribution is 7.26. The molecule has 4 nitrogen and oxygen atoms in total. The number of rotatable bonds is 3. The Kier molecular flexibility index (Phi) is 3.79. The SMILES string of the molecule is CC(C)=C(O)C(O)(CO)[PH2]=O. The van der Waals surface area contributed by atoms with E-state index in [1.54, 1.807) is 13.8 Å². The number of aliphatic hydroxyl groups is 3. The number of hydrogen-bond donors (Lipinski definition) is 3. The molecule has 0 aromatic heterocycles. The van der Waals surface area contributed by atoms with E-state index in [-0.39, 0.29) is 0 Å². The van der Waals surface area contributed by atoms with E-state index in [1.165, 1.54) is 0 Å². The van der Waals surface area contributed by atoms with Crippen LogP contribution in [0.5, 0.6) is 0 Å². The molecule has 66 valence electrons. The van der Waals surface area contributed by atoms with Crippen LogP contribution < -0.4 is 0 Å². The lowest BCUT2D eigenvalue weighted by Crippen LogP contribution is -2.29. The van der Waals surface area contributed by atoms with Crippen LogP contribution >= 0.6 is 8.46 Å². The van der Waals surface area contributed by atoms with Crippen LogP contribution in [-0.4, -0.2) is 27.3 Å². The molecule has 0 spiro atoms. The Bertz CT molecular complexity index is 185. The summed E-state index contributed by atoms with van der Waals surface area (Å²) < 4.78 is 10.4. The third-order valence-electron chi connectivity index (χ3n) is 1.32. The number of aliphatic hydroxyl groups excluding tert-OH is 2. The molecule has 0 aliphatic heterocycles. The van der Waals surface area contributed by atoms with Gasteiger partial charge in [0, 0.05) is 0 Å². The lowest BCUT2D eigenvalue weighted by Gasteiger charge is -2.19. The van der Waals surface area contributed by atoms with E-state index in [2.05, 4.69) is 0 Å². The molecule has 0 aliphatic rings. The second kappa shape index (κ2) is 3.90. The molecule has 0 fully saturated rings. The summed E-state index contributed by atoms with van der Waals surface area (Å²) in [6, 6.07) is 0. The molecule has 0 saturated heterocycles. The normalized spacial score (nSPS) is 16.7. The Labute approximate surface area is 66.4 Å². The molecule has 2 unspecified atom stereocenters. The lowest BCUT2D eigenvalue weighted by atomic mass is 10.2. The van der Waals surface area contributed by atoms with Gasteiger partial charge in [-0.15, -0.1) is 0 Å². The molecule has 2 atom stereocenters. The Morgan fingerprint density at radius 2 is 2.00 bits per heavy atom. The summed E-state index contributed by atoms with van der Waals surface area (Å²) in [6.45, 7) is 2.40. The van der Waals surface area contributed by atoms with Crippen molar-refractivity contribution >= 4 is 8.46 Å². The molecule has 0 aromatic carbocycles. The van der Waals surface area contributed by atoms with Crippen LogP contribution in [0.1, 0.15) is 13.8 Å². The fourth-order valence-corrected chi connectivity index (χ4v) is 1.08. The maximum atomic E-state index is 10.4. The minimum Gasteiger partial charge on any atom is -0.509 e. The number of hydrogen-bond acceptors (Lipinski definition) is 4. The standard InChI is InChI=1S/C6H13O4P/c1-4(2)5(8)6(9,3-7)11-10/h7-9H,3,11H2,1-2H3. The van der Waals surface area contributed by atoms with Gasteiger partial charge in [0.1, 0.15) is 14.2 Å². The topological polar surface area (TPSA) is 77.8 Å². The second-order valence-corrected chi connectivity index (χ2v) is 3.74. The van der Waals surface area contributed by atoms with Gasteiger partial charge in [-0.3, -0.25) is 0 Å². The minimum atomic E-state index is -1.92. The molecule has 3 N–H and O–H groups in total. The first-order valence-corrected chi connectivity index (χ1v) is 4.19. The quantitative estimate of drug-likeness (QED) is 0.430. The van der Waals surface area contributed by atoms with Gasteiger partial charge in [0.25, 0.3) is 0 Å². The fourth-order valence-electron chi connectivity index (χ4n) is 0.601.